The molecule has 4 rings (SSSR count). The van der Waals surface area contributed by atoms with Crippen molar-refractivity contribution in [1.82, 2.24) is 10.2 Å². The quantitative estimate of drug-likeness (QED) is 0.645. The summed E-state index contributed by atoms with van der Waals surface area (Å²) in [4.78, 5) is 26.7. The van der Waals surface area contributed by atoms with E-state index in [1.54, 1.807) is 18.2 Å². The van der Waals surface area contributed by atoms with E-state index in [0.717, 1.165) is 63.4 Å². The average molecular weight is 420 g/mol. The maximum Gasteiger partial charge on any atom is 0.251 e. The lowest BCUT2D eigenvalue weighted by atomic mass is 10.1. The third-order valence-corrected chi connectivity index (χ3v) is 5.55. The minimum atomic E-state index is -0.184. The van der Waals surface area contributed by atoms with E-state index in [9.17, 15) is 9.59 Å². The fraction of sp³-hybridized carbons (Fsp3) is 0.360. The van der Waals surface area contributed by atoms with Crippen LogP contribution in [0.5, 0.6) is 0 Å². The van der Waals surface area contributed by atoms with Gasteiger partial charge in [0.15, 0.2) is 0 Å². The first-order valence-electron chi connectivity index (χ1n) is 10.9. The molecule has 1 saturated carbocycles. The lowest BCUT2D eigenvalue weighted by Gasteiger charge is -2.26. The van der Waals surface area contributed by atoms with Crippen molar-refractivity contribution in [3.05, 3.63) is 71.3 Å². The summed E-state index contributed by atoms with van der Waals surface area (Å²) in [7, 11) is 0. The van der Waals surface area contributed by atoms with Gasteiger partial charge in [-0.3, -0.25) is 14.5 Å². The molecule has 0 radical (unpaired) electrons. The number of carbonyl (C=O) groups excluding carboxylic acids is 2. The summed E-state index contributed by atoms with van der Waals surface area (Å²) in [5, 5.41) is 5.85. The fourth-order valence-corrected chi connectivity index (χ4v) is 3.46. The maximum absolute atomic E-state index is 12.2. The van der Waals surface area contributed by atoms with Gasteiger partial charge in [-0.25, -0.2) is 0 Å². The van der Waals surface area contributed by atoms with Crippen LogP contribution in [0.3, 0.4) is 0 Å². The highest BCUT2D eigenvalue weighted by molar-refractivity contribution is 6.02. The second-order valence-electron chi connectivity index (χ2n) is 8.09. The average Bonchev–Trinajstić information content (AvgIpc) is 3.62. The smallest absolute Gasteiger partial charge is 0.251 e. The number of carbonyl (C=O) groups is 2. The van der Waals surface area contributed by atoms with Gasteiger partial charge in [0, 0.05) is 43.0 Å². The normalized spacial score (nSPS) is 16.9. The Balaban J connectivity index is 1.23. The van der Waals surface area contributed by atoms with Gasteiger partial charge >= 0.3 is 0 Å². The molecule has 1 aliphatic carbocycles. The van der Waals surface area contributed by atoms with E-state index in [4.69, 9.17) is 4.74 Å². The molecule has 1 aliphatic heterocycles. The van der Waals surface area contributed by atoms with Gasteiger partial charge in [0.25, 0.3) is 5.91 Å². The topological polar surface area (TPSA) is 70.7 Å². The van der Waals surface area contributed by atoms with Crippen LogP contribution in [0.25, 0.3) is 6.08 Å². The van der Waals surface area contributed by atoms with Gasteiger partial charge in [-0.2, -0.15) is 0 Å². The number of ether oxygens (including phenoxy) is 1. The van der Waals surface area contributed by atoms with Crippen LogP contribution in [0.1, 0.15) is 34.3 Å². The first kappa shape index (κ1) is 21.3. The molecule has 6 nitrogen and oxygen atoms in total. The van der Waals surface area contributed by atoms with Crippen molar-refractivity contribution in [1.29, 1.82) is 0 Å². The molecule has 0 unspecified atom stereocenters. The largest absolute Gasteiger partial charge is 0.379 e. The van der Waals surface area contributed by atoms with Crippen LogP contribution >= 0.6 is 0 Å². The number of benzene rings is 2. The van der Waals surface area contributed by atoms with E-state index in [1.165, 1.54) is 11.6 Å². The molecule has 2 N–H and O–H groups in total. The molecule has 0 aromatic heterocycles. The van der Waals surface area contributed by atoms with Crippen molar-refractivity contribution in [3.8, 4) is 0 Å². The van der Waals surface area contributed by atoms with Crippen LogP contribution in [-0.4, -0.2) is 55.6 Å². The molecule has 0 atom stereocenters. The maximum atomic E-state index is 12.2. The molecule has 2 aromatic rings. The monoisotopic (exact) mass is 419 g/mol. The highest BCUT2D eigenvalue weighted by atomic mass is 16.5. The predicted octanol–water partition coefficient (Wildman–Crippen LogP) is 3.11. The SMILES string of the molecule is O=C(C=Cc1ccc(C(=O)NC2CC2)cc1)Nc1ccc(CCN2CCOCC2)cc1. The zero-order chi connectivity index (χ0) is 21.5. The molecule has 1 heterocycles. The van der Waals surface area contributed by atoms with Gasteiger partial charge in [0.2, 0.25) is 5.91 Å². The summed E-state index contributed by atoms with van der Waals surface area (Å²) in [6.07, 6.45) is 6.38. The van der Waals surface area contributed by atoms with Crippen LogP contribution < -0.4 is 10.6 Å². The number of nitrogens with zero attached hydrogens (tertiary/aromatic N) is 1. The number of hydrogen-bond donors (Lipinski definition) is 2. The molecule has 2 fully saturated rings. The number of amides is 2. The summed E-state index contributed by atoms with van der Waals surface area (Å²) in [6, 6.07) is 15.6. The number of morpholine rings is 1. The molecule has 1 saturated heterocycles. The lowest BCUT2D eigenvalue weighted by molar-refractivity contribution is -0.111. The number of hydrogen-bond acceptors (Lipinski definition) is 4. The van der Waals surface area contributed by atoms with E-state index < -0.39 is 0 Å². The third kappa shape index (κ3) is 6.77. The van der Waals surface area contributed by atoms with Gasteiger partial charge in [-0.1, -0.05) is 24.3 Å². The van der Waals surface area contributed by atoms with Crippen LogP contribution in [0.4, 0.5) is 5.69 Å². The van der Waals surface area contributed by atoms with E-state index in [0.29, 0.717) is 11.6 Å². The Morgan fingerprint density at radius 2 is 1.71 bits per heavy atom. The predicted molar refractivity (Wildman–Crippen MR) is 122 cm³/mol. The molecule has 2 aromatic carbocycles. The molecular weight excluding hydrogens is 390 g/mol. The zero-order valence-electron chi connectivity index (χ0n) is 17.7. The van der Waals surface area contributed by atoms with Gasteiger partial charge in [0.1, 0.15) is 0 Å². The fourth-order valence-electron chi connectivity index (χ4n) is 3.46. The molecule has 31 heavy (non-hydrogen) atoms. The van der Waals surface area contributed by atoms with Crippen molar-refractivity contribution >= 4 is 23.6 Å². The number of rotatable bonds is 8. The molecule has 162 valence electrons. The van der Waals surface area contributed by atoms with Crippen LogP contribution in [-0.2, 0) is 16.0 Å². The Labute approximate surface area is 183 Å². The van der Waals surface area contributed by atoms with Gasteiger partial charge in [-0.05, 0) is 60.7 Å². The van der Waals surface area contributed by atoms with Crippen LogP contribution in [0.2, 0.25) is 0 Å². The Kier molecular flexibility index (Phi) is 7.12. The van der Waals surface area contributed by atoms with Crippen molar-refractivity contribution in [2.45, 2.75) is 25.3 Å². The summed E-state index contributed by atoms with van der Waals surface area (Å²) < 4.78 is 5.38. The van der Waals surface area contributed by atoms with Crippen molar-refractivity contribution in [3.63, 3.8) is 0 Å². The lowest BCUT2D eigenvalue weighted by Crippen LogP contribution is -2.37. The summed E-state index contributed by atoms with van der Waals surface area (Å²) in [6.45, 7) is 4.66. The standard InChI is InChI=1S/C25H29N3O3/c29-24(12-5-19-1-6-21(7-2-19)25(30)27-23-10-11-23)26-22-8-3-20(4-9-22)13-14-28-15-17-31-18-16-28/h1-9,12,23H,10-11,13-18H2,(H,26,29)(H,27,30). The van der Waals surface area contributed by atoms with Crippen molar-refractivity contribution in [2.75, 3.05) is 38.2 Å². The van der Waals surface area contributed by atoms with E-state index in [2.05, 4.69) is 27.7 Å². The van der Waals surface area contributed by atoms with Crippen molar-refractivity contribution < 1.29 is 14.3 Å². The number of nitrogens with one attached hydrogen (secondary N) is 2. The minimum Gasteiger partial charge on any atom is -0.379 e. The van der Waals surface area contributed by atoms with E-state index in [-0.39, 0.29) is 11.8 Å². The summed E-state index contributed by atoms with van der Waals surface area (Å²) in [5.41, 5.74) is 3.54. The van der Waals surface area contributed by atoms with E-state index in [1.807, 2.05) is 24.3 Å². The van der Waals surface area contributed by atoms with Crippen LogP contribution in [0, 0.1) is 0 Å². The second-order valence-corrected chi connectivity index (χ2v) is 8.09. The highest BCUT2D eigenvalue weighted by Crippen LogP contribution is 2.19. The minimum absolute atomic E-state index is 0.0378. The molecule has 0 spiro atoms. The van der Waals surface area contributed by atoms with Gasteiger partial charge in [0.05, 0.1) is 13.2 Å². The highest BCUT2D eigenvalue weighted by Gasteiger charge is 2.23. The second kappa shape index (κ2) is 10.4. The Bertz CT molecular complexity index is 912. The molecule has 2 amide bonds. The van der Waals surface area contributed by atoms with Gasteiger partial charge < -0.3 is 15.4 Å². The molecular formula is C25H29N3O3. The summed E-state index contributed by atoms with van der Waals surface area (Å²) in [5.74, 6) is -0.221. The van der Waals surface area contributed by atoms with E-state index >= 15 is 0 Å². The van der Waals surface area contributed by atoms with Gasteiger partial charge in [-0.15, -0.1) is 0 Å². The number of anilines is 1. The molecule has 6 heteroatoms. The Morgan fingerprint density at radius 3 is 2.39 bits per heavy atom. The molecule has 2 aliphatic rings. The Morgan fingerprint density at radius 1 is 1.00 bits per heavy atom. The first-order chi connectivity index (χ1) is 15.2. The zero-order valence-corrected chi connectivity index (χ0v) is 17.7. The van der Waals surface area contributed by atoms with Crippen LogP contribution in [0.15, 0.2) is 54.6 Å². The summed E-state index contributed by atoms with van der Waals surface area (Å²) >= 11 is 0. The Hall–Kier alpha value is -2.96. The first-order valence-corrected chi connectivity index (χ1v) is 10.9. The molecule has 0 bridgehead atoms. The van der Waals surface area contributed by atoms with Crippen molar-refractivity contribution in [2.24, 2.45) is 0 Å². The third-order valence-electron chi connectivity index (χ3n) is 5.55.